The first kappa shape index (κ1) is 14.2. The van der Waals surface area contributed by atoms with Crippen LogP contribution in [-0.4, -0.2) is 35.3 Å². The molecule has 0 aliphatic heterocycles. The maximum Gasteiger partial charge on any atom is 0.359 e. The van der Waals surface area contributed by atoms with Crippen LogP contribution in [-0.2, 0) is 20.7 Å². The summed E-state index contributed by atoms with van der Waals surface area (Å²) in [5.41, 5.74) is 1.72. The van der Waals surface area contributed by atoms with Crippen LogP contribution in [0.5, 0.6) is 0 Å². The first-order chi connectivity index (χ1) is 8.60. The van der Waals surface area contributed by atoms with Crippen molar-refractivity contribution in [3.8, 4) is 0 Å². The summed E-state index contributed by atoms with van der Waals surface area (Å²) in [7, 11) is 0. The fraction of sp³-hybridized carbons (Fsp3) is 0.583. The van der Waals surface area contributed by atoms with Gasteiger partial charge in [-0.2, -0.15) is 5.10 Å². The SMILES string of the molecule is CCOC(=O)CCc1c(C(=O)OCC)n[nH]c1C. The molecule has 1 rings (SSSR count). The van der Waals surface area contributed by atoms with Crippen molar-refractivity contribution in [1.82, 2.24) is 10.2 Å². The van der Waals surface area contributed by atoms with E-state index in [0.717, 1.165) is 5.69 Å². The number of carbonyl (C=O) groups excluding carboxylic acids is 2. The molecule has 0 saturated heterocycles. The van der Waals surface area contributed by atoms with Crippen molar-refractivity contribution in [2.75, 3.05) is 13.2 Å². The van der Waals surface area contributed by atoms with Gasteiger partial charge in [0.1, 0.15) is 0 Å². The monoisotopic (exact) mass is 254 g/mol. The number of nitrogens with zero attached hydrogens (tertiary/aromatic N) is 1. The lowest BCUT2D eigenvalue weighted by Crippen LogP contribution is -2.10. The molecule has 6 heteroatoms. The number of H-pyrrole nitrogens is 1. The number of aromatic nitrogens is 2. The van der Waals surface area contributed by atoms with Crippen LogP contribution in [0.4, 0.5) is 0 Å². The van der Waals surface area contributed by atoms with Gasteiger partial charge in [-0.15, -0.1) is 0 Å². The van der Waals surface area contributed by atoms with Gasteiger partial charge in [0.2, 0.25) is 0 Å². The third-order valence-corrected chi connectivity index (χ3v) is 2.43. The summed E-state index contributed by atoms with van der Waals surface area (Å²) in [6.45, 7) is 5.94. The van der Waals surface area contributed by atoms with E-state index in [2.05, 4.69) is 10.2 Å². The van der Waals surface area contributed by atoms with Gasteiger partial charge in [-0.05, 0) is 27.2 Å². The van der Waals surface area contributed by atoms with E-state index in [9.17, 15) is 9.59 Å². The molecule has 0 aromatic carbocycles. The fourth-order valence-electron chi connectivity index (χ4n) is 1.59. The summed E-state index contributed by atoms with van der Waals surface area (Å²) < 4.78 is 9.74. The average molecular weight is 254 g/mol. The summed E-state index contributed by atoms with van der Waals surface area (Å²) in [6, 6.07) is 0. The zero-order valence-electron chi connectivity index (χ0n) is 10.9. The highest BCUT2D eigenvalue weighted by Crippen LogP contribution is 2.14. The largest absolute Gasteiger partial charge is 0.466 e. The van der Waals surface area contributed by atoms with Crippen molar-refractivity contribution in [1.29, 1.82) is 0 Å². The lowest BCUT2D eigenvalue weighted by molar-refractivity contribution is -0.143. The second-order valence-electron chi connectivity index (χ2n) is 3.70. The molecule has 1 N–H and O–H groups in total. The molecule has 0 radical (unpaired) electrons. The van der Waals surface area contributed by atoms with Gasteiger partial charge in [0.05, 0.1) is 13.2 Å². The van der Waals surface area contributed by atoms with Crippen molar-refractivity contribution in [2.24, 2.45) is 0 Å². The summed E-state index contributed by atoms with van der Waals surface area (Å²) in [6.07, 6.45) is 0.635. The molecule has 1 heterocycles. The molecule has 1 aromatic heterocycles. The molecule has 100 valence electrons. The highest BCUT2D eigenvalue weighted by atomic mass is 16.5. The van der Waals surface area contributed by atoms with Gasteiger partial charge >= 0.3 is 11.9 Å². The van der Waals surface area contributed by atoms with E-state index in [4.69, 9.17) is 9.47 Å². The predicted molar refractivity (Wildman–Crippen MR) is 64.2 cm³/mol. The van der Waals surface area contributed by atoms with Crippen molar-refractivity contribution in [3.63, 3.8) is 0 Å². The van der Waals surface area contributed by atoms with Crippen molar-refractivity contribution < 1.29 is 19.1 Å². The first-order valence-electron chi connectivity index (χ1n) is 5.96. The number of carbonyl (C=O) groups is 2. The first-order valence-corrected chi connectivity index (χ1v) is 5.96. The van der Waals surface area contributed by atoms with Gasteiger partial charge in [0.25, 0.3) is 0 Å². The van der Waals surface area contributed by atoms with Gasteiger partial charge in [-0.1, -0.05) is 0 Å². The Morgan fingerprint density at radius 1 is 1.22 bits per heavy atom. The highest BCUT2D eigenvalue weighted by molar-refractivity contribution is 5.89. The summed E-state index contributed by atoms with van der Waals surface area (Å²) >= 11 is 0. The minimum absolute atomic E-state index is 0.223. The average Bonchev–Trinajstić information content (AvgIpc) is 2.69. The molecule has 0 aliphatic carbocycles. The molecule has 1 aromatic rings. The maximum atomic E-state index is 11.6. The van der Waals surface area contributed by atoms with Crippen molar-refractivity contribution in [2.45, 2.75) is 33.6 Å². The zero-order valence-corrected chi connectivity index (χ0v) is 10.9. The Hall–Kier alpha value is -1.85. The Morgan fingerprint density at radius 2 is 1.89 bits per heavy atom. The topological polar surface area (TPSA) is 81.3 Å². The molecule has 6 nitrogen and oxygen atoms in total. The van der Waals surface area contributed by atoms with E-state index in [0.29, 0.717) is 25.2 Å². The van der Waals surface area contributed by atoms with Crippen LogP contribution in [0.15, 0.2) is 0 Å². The Balaban J connectivity index is 2.72. The van der Waals surface area contributed by atoms with E-state index in [1.807, 2.05) is 0 Å². The number of esters is 2. The smallest absolute Gasteiger partial charge is 0.359 e. The van der Waals surface area contributed by atoms with E-state index in [-0.39, 0.29) is 18.1 Å². The quantitative estimate of drug-likeness (QED) is 0.776. The summed E-state index contributed by atoms with van der Waals surface area (Å²) in [5, 5.41) is 6.64. The molecule has 0 fully saturated rings. The minimum atomic E-state index is -0.472. The van der Waals surface area contributed by atoms with Gasteiger partial charge in [0, 0.05) is 17.7 Å². The van der Waals surface area contributed by atoms with Crippen LogP contribution < -0.4 is 0 Å². The minimum Gasteiger partial charge on any atom is -0.466 e. The second kappa shape index (κ2) is 6.78. The number of ether oxygens (including phenoxy) is 2. The molecule has 0 spiro atoms. The molecule has 0 saturated carbocycles. The van der Waals surface area contributed by atoms with E-state index in [1.165, 1.54) is 0 Å². The molecule has 0 aliphatic rings. The summed E-state index contributed by atoms with van der Waals surface area (Å²) in [5.74, 6) is -0.756. The van der Waals surface area contributed by atoms with E-state index >= 15 is 0 Å². The number of aromatic amines is 1. The Bertz CT molecular complexity index is 426. The second-order valence-corrected chi connectivity index (χ2v) is 3.70. The molecule has 0 atom stereocenters. The lowest BCUT2D eigenvalue weighted by atomic mass is 10.1. The van der Waals surface area contributed by atoms with Gasteiger partial charge in [-0.3, -0.25) is 9.89 Å². The normalized spacial score (nSPS) is 10.2. The third kappa shape index (κ3) is 3.58. The van der Waals surface area contributed by atoms with Gasteiger partial charge < -0.3 is 9.47 Å². The van der Waals surface area contributed by atoms with Crippen LogP contribution in [0.1, 0.15) is 42.0 Å². The molecular weight excluding hydrogens is 236 g/mol. The summed E-state index contributed by atoms with van der Waals surface area (Å²) in [4.78, 5) is 22.9. The van der Waals surface area contributed by atoms with Gasteiger partial charge in [-0.25, -0.2) is 4.79 Å². The number of rotatable bonds is 6. The third-order valence-electron chi connectivity index (χ3n) is 2.43. The van der Waals surface area contributed by atoms with Crippen LogP contribution in [0.2, 0.25) is 0 Å². The molecular formula is C12H18N2O4. The lowest BCUT2D eigenvalue weighted by Gasteiger charge is -2.04. The van der Waals surface area contributed by atoms with Crippen LogP contribution in [0.25, 0.3) is 0 Å². The van der Waals surface area contributed by atoms with E-state index < -0.39 is 5.97 Å². The number of hydrogen-bond donors (Lipinski definition) is 1. The number of nitrogens with one attached hydrogen (secondary N) is 1. The van der Waals surface area contributed by atoms with Crippen molar-refractivity contribution in [3.05, 3.63) is 17.0 Å². The standard InChI is InChI=1S/C12H18N2O4/c1-4-17-10(15)7-6-9-8(3)13-14-11(9)12(16)18-5-2/h4-7H2,1-3H3,(H,13,14). The van der Waals surface area contributed by atoms with Crippen LogP contribution in [0.3, 0.4) is 0 Å². The fourth-order valence-corrected chi connectivity index (χ4v) is 1.59. The molecule has 0 amide bonds. The Kier molecular flexibility index (Phi) is 5.35. The Labute approximate surface area is 106 Å². The molecule has 0 unspecified atom stereocenters. The van der Waals surface area contributed by atoms with Crippen LogP contribution in [0, 0.1) is 6.92 Å². The molecule has 0 bridgehead atoms. The Morgan fingerprint density at radius 3 is 2.50 bits per heavy atom. The van der Waals surface area contributed by atoms with E-state index in [1.54, 1.807) is 20.8 Å². The highest BCUT2D eigenvalue weighted by Gasteiger charge is 2.19. The maximum absolute atomic E-state index is 11.6. The number of aryl methyl sites for hydroxylation is 1. The van der Waals surface area contributed by atoms with Crippen LogP contribution >= 0.6 is 0 Å². The van der Waals surface area contributed by atoms with Crippen molar-refractivity contribution >= 4 is 11.9 Å². The van der Waals surface area contributed by atoms with Gasteiger partial charge in [0.15, 0.2) is 5.69 Å². The number of hydrogen-bond acceptors (Lipinski definition) is 5. The zero-order chi connectivity index (χ0) is 13.5. The predicted octanol–water partition coefficient (Wildman–Crippen LogP) is 1.39. The molecule has 18 heavy (non-hydrogen) atoms.